The van der Waals surface area contributed by atoms with Crippen LogP contribution in [0.2, 0.25) is 0 Å². The molecule has 3 fully saturated rings. The molecule has 3 rings (SSSR count). The molecule has 2 bridgehead atoms. The van der Waals surface area contributed by atoms with Crippen LogP contribution in [0.15, 0.2) is 0 Å². The van der Waals surface area contributed by atoms with Crippen molar-refractivity contribution in [3.05, 3.63) is 0 Å². The Bertz CT molecular complexity index is 297. The third-order valence-electron chi connectivity index (χ3n) is 3.00. The van der Waals surface area contributed by atoms with Gasteiger partial charge in [-0.05, 0) is 25.2 Å². The first kappa shape index (κ1) is 13.7. The molecule has 16 heavy (non-hydrogen) atoms. The lowest BCUT2D eigenvalue weighted by Crippen LogP contribution is -3.14. The molecule has 0 atom stereocenters. The molecular formula is C8H14F3NO3S. The van der Waals surface area contributed by atoms with Gasteiger partial charge in [0.15, 0.2) is 10.1 Å². The number of halogens is 3. The van der Waals surface area contributed by atoms with Crippen molar-refractivity contribution < 1.29 is 31.0 Å². The van der Waals surface area contributed by atoms with Crippen molar-refractivity contribution in [2.24, 2.45) is 5.92 Å². The van der Waals surface area contributed by atoms with Gasteiger partial charge in [-0.2, -0.15) is 13.2 Å². The molecule has 0 aromatic heterocycles. The number of piperidine rings is 3. The zero-order chi connectivity index (χ0) is 12.4. The Labute approximate surface area is 92.2 Å². The average Bonchev–Trinajstić information content (AvgIpc) is 2.18. The Morgan fingerprint density at radius 1 is 1.06 bits per heavy atom. The minimum Gasteiger partial charge on any atom is -0.741 e. The van der Waals surface area contributed by atoms with Gasteiger partial charge in [-0.15, -0.1) is 0 Å². The van der Waals surface area contributed by atoms with E-state index in [0.717, 1.165) is 5.92 Å². The van der Waals surface area contributed by atoms with Crippen molar-refractivity contribution >= 4 is 10.1 Å². The standard InChI is InChI=1S/C7H13N.CHF3O3S/c1-4-8-5-2-7(1)3-6-8;2-1(3,4)8(5,6)7/h7H,1-6H2;(H,5,6,7). The normalized spacial score (nSPS) is 29.5. The molecular weight excluding hydrogens is 247 g/mol. The van der Waals surface area contributed by atoms with Crippen molar-refractivity contribution in [1.82, 2.24) is 0 Å². The van der Waals surface area contributed by atoms with Crippen LogP contribution in [-0.4, -0.2) is 38.1 Å². The second kappa shape index (κ2) is 4.89. The zero-order valence-electron chi connectivity index (χ0n) is 8.59. The van der Waals surface area contributed by atoms with Crippen LogP contribution in [0.3, 0.4) is 0 Å². The average molecular weight is 261 g/mol. The number of hydrogen-bond donors (Lipinski definition) is 1. The van der Waals surface area contributed by atoms with E-state index in [2.05, 4.69) is 0 Å². The SMILES string of the molecule is C1C[NH+]2CCC1CC2.O=S(=O)([O-])C(F)(F)F. The third kappa shape index (κ3) is 3.91. The zero-order valence-corrected chi connectivity index (χ0v) is 9.40. The molecule has 3 heterocycles. The molecule has 0 amide bonds. The summed E-state index contributed by atoms with van der Waals surface area (Å²) in [6.07, 6.45) is 4.57. The second-order valence-electron chi connectivity index (χ2n) is 4.13. The van der Waals surface area contributed by atoms with Gasteiger partial charge in [0.25, 0.3) is 0 Å². The first-order chi connectivity index (χ1) is 7.20. The Hall–Kier alpha value is -0.340. The van der Waals surface area contributed by atoms with Gasteiger partial charge in [0.2, 0.25) is 0 Å². The maximum Gasteiger partial charge on any atom is 0.485 e. The highest BCUT2D eigenvalue weighted by molar-refractivity contribution is 7.86. The molecule has 0 aromatic carbocycles. The second-order valence-corrected chi connectivity index (χ2v) is 5.50. The van der Waals surface area contributed by atoms with Crippen molar-refractivity contribution in [3.63, 3.8) is 0 Å². The highest BCUT2D eigenvalue weighted by atomic mass is 32.2. The summed E-state index contributed by atoms with van der Waals surface area (Å²) >= 11 is 0. The lowest BCUT2D eigenvalue weighted by atomic mass is 9.89. The monoisotopic (exact) mass is 261 g/mol. The van der Waals surface area contributed by atoms with E-state index in [-0.39, 0.29) is 0 Å². The van der Waals surface area contributed by atoms with Crippen LogP contribution < -0.4 is 4.90 Å². The summed E-state index contributed by atoms with van der Waals surface area (Å²) in [5.41, 5.74) is -5.65. The van der Waals surface area contributed by atoms with E-state index in [4.69, 9.17) is 13.0 Å². The molecule has 8 heteroatoms. The molecule has 0 saturated carbocycles. The van der Waals surface area contributed by atoms with Gasteiger partial charge < -0.3 is 9.45 Å². The van der Waals surface area contributed by atoms with Crippen LogP contribution in [0.1, 0.15) is 19.3 Å². The van der Waals surface area contributed by atoms with E-state index in [1.165, 1.54) is 38.9 Å². The quantitative estimate of drug-likeness (QED) is 0.482. The minimum atomic E-state index is -6.09. The van der Waals surface area contributed by atoms with Crippen LogP contribution in [-0.2, 0) is 10.1 Å². The topological polar surface area (TPSA) is 61.6 Å². The summed E-state index contributed by atoms with van der Waals surface area (Å²) in [6.45, 7) is 4.43. The Morgan fingerprint density at radius 3 is 1.44 bits per heavy atom. The van der Waals surface area contributed by atoms with Crippen molar-refractivity contribution in [3.8, 4) is 0 Å². The van der Waals surface area contributed by atoms with Crippen LogP contribution in [0.25, 0.3) is 0 Å². The lowest BCUT2D eigenvalue weighted by Gasteiger charge is -2.35. The van der Waals surface area contributed by atoms with Gasteiger partial charge in [0.1, 0.15) is 0 Å². The van der Waals surface area contributed by atoms with E-state index in [1.807, 2.05) is 4.90 Å². The minimum absolute atomic E-state index is 1.13. The summed E-state index contributed by atoms with van der Waals surface area (Å²) in [4.78, 5) is 1.87. The molecule has 1 N–H and O–H groups in total. The summed E-state index contributed by atoms with van der Waals surface area (Å²) in [6, 6.07) is 0. The Kier molecular flexibility index (Phi) is 4.19. The summed E-state index contributed by atoms with van der Waals surface area (Å²) in [7, 11) is -6.09. The number of rotatable bonds is 0. The van der Waals surface area contributed by atoms with E-state index in [9.17, 15) is 13.2 Å². The maximum atomic E-state index is 10.7. The fourth-order valence-corrected chi connectivity index (χ4v) is 2.03. The fraction of sp³-hybridized carbons (Fsp3) is 1.00. The van der Waals surface area contributed by atoms with Gasteiger partial charge in [-0.1, -0.05) is 0 Å². The molecule has 0 aromatic rings. The highest BCUT2D eigenvalue weighted by Crippen LogP contribution is 2.20. The summed E-state index contributed by atoms with van der Waals surface area (Å²) in [5.74, 6) is 1.13. The van der Waals surface area contributed by atoms with E-state index < -0.39 is 15.6 Å². The molecule has 0 aliphatic carbocycles. The molecule has 0 radical (unpaired) electrons. The molecule has 0 unspecified atom stereocenters. The summed E-state index contributed by atoms with van der Waals surface area (Å²) < 4.78 is 58.9. The maximum absolute atomic E-state index is 10.7. The van der Waals surface area contributed by atoms with Crippen molar-refractivity contribution in [2.45, 2.75) is 24.8 Å². The first-order valence-electron chi connectivity index (χ1n) is 5.06. The molecule has 3 saturated heterocycles. The number of alkyl halides is 3. The first-order valence-corrected chi connectivity index (χ1v) is 6.46. The smallest absolute Gasteiger partial charge is 0.485 e. The number of hydrogen-bond acceptors (Lipinski definition) is 3. The lowest BCUT2D eigenvalue weighted by molar-refractivity contribution is -0.916. The molecule has 4 nitrogen and oxygen atoms in total. The summed E-state index contributed by atoms with van der Waals surface area (Å²) in [5, 5.41) is 0. The van der Waals surface area contributed by atoms with Crippen molar-refractivity contribution in [2.75, 3.05) is 19.6 Å². The van der Waals surface area contributed by atoms with Gasteiger partial charge in [0.05, 0.1) is 19.6 Å². The largest absolute Gasteiger partial charge is 0.741 e. The predicted molar refractivity (Wildman–Crippen MR) is 48.7 cm³/mol. The van der Waals surface area contributed by atoms with Crippen LogP contribution in [0.4, 0.5) is 13.2 Å². The van der Waals surface area contributed by atoms with Crippen LogP contribution in [0.5, 0.6) is 0 Å². The fourth-order valence-electron chi connectivity index (χ4n) is 2.03. The van der Waals surface area contributed by atoms with Crippen LogP contribution >= 0.6 is 0 Å². The van der Waals surface area contributed by atoms with E-state index >= 15 is 0 Å². The molecule has 96 valence electrons. The van der Waals surface area contributed by atoms with Gasteiger partial charge in [-0.25, -0.2) is 8.42 Å². The number of quaternary nitrogens is 1. The predicted octanol–water partition coefficient (Wildman–Crippen LogP) is -0.264. The van der Waals surface area contributed by atoms with E-state index in [0.29, 0.717) is 0 Å². The number of fused-ring (bicyclic) bond motifs is 3. The Balaban J connectivity index is 0.000000160. The number of nitrogens with one attached hydrogen (secondary N) is 1. The van der Waals surface area contributed by atoms with E-state index in [1.54, 1.807) is 0 Å². The molecule has 0 spiro atoms. The van der Waals surface area contributed by atoms with Gasteiger partial charge >= 0.3 is 5.51 Å². The highest BCUT2D eigenvalue weighted by Gasteiger charge is 2.36. The molecule has 3 aliphatic heterocycles. The Morgan fingerprint density at radius 2 is 1.38 bits per heavy atom. The van der Waals surface area contributed by atoms with Gasteiger partial charge in [-0.3, -0.25) is 0 Å². The molecule has 3 aliphatic rings. The van der Waals surface area contributed by atoms with Crippen molar-refractivity contribution in [1.29, 1.82) is 0 Å². The van der Waals surface area contributed by atoms with Crippen LogP contribution in [0, 0.1) is 5.92 Å². The third-order valence-corrected chi connectivity index (χ3v) is 3.57. The van der Waals surface area contributed by atoms with Gasteiger partial charge in [0, 0.05) is 0 Å².